The van der Waals surface area contributed by atoms with Crippen LogP contribution in [-0.2, 0) is 0 Å². The highest BCUT2D eigenvalue weighted by atomic mass is 35.5. The topological polar surface area (TPSA) is 67.2 Å². The first-order valence-corrected chi connectivity index (χ1v) is 9.42. The molecule has 6 heteroatoms. The van der Waals surface area contributed by atoms with Gasteiger partial charge in [0, 0.05) is 27.5 Å². The molecule has 4 aromatic rings. The maximum Gasteiger partial charge on any atom is 0.323 e. The second-order valence-corrected chi connectivity index (χ2v) is 6.96. The Morgan fingerprint density at radius 1 is 0.931 bits per heavy atom. The molecular formula is C23H18ClN3O2. The van der Waals surface area contributed by atoms with Crippen molar-refractivity contribution in [3.05, 3.63) is 89.6 Å². The van der Waals surface area contributed by atoms with E-state index < -0.39 is 0 Å². The number of benzene rings is 3. The number of carbonyl (C=O) groups is 1. The number of halogens is 1. The van der Waals surface area contributed by atoms with Crippen molar-refractivity contribution in [1.29, 1.82) is 0 Å². The maximum absolute atomic E-state index is 12.3. The van der Waals surface area contributed by atoms with E-state index in [9.17, 15) is 4.79 Å². The van der Waals surface area contributed by atoms with E-state index in [1.807, 2.05) is 55.5 Å². The summed E-state index contributed by atoms with van der Waals surface area (Å²) >= 11 is 5.99. The fourth-order valence-electron chi connectivity index (χ4n) is 2.86. The lowest BCUT2D eigenvalue weighted by atomic mass is 10.2. The molecule has 0 saturated carbocycles. The third-order valence-electron chi connectivity index (χ3n) is 4.41. The molecule has 3 aromatic carbocycles. The van der Waals surface area contributed by atoms with Gasteiger partial charge in [-0.05, 0) is 48.9 Å². The Kier molecular flexibility index (Phi) is 5.31. The zero-order chi connectivity index (χ0) is 20.2. The van der Waals surface area contributed by atoms with Crippen LogP contribution in [0.4, 0.5) is 16.2 Å². The maximum atomic E-state index is 12.3. The van der Waals surface area contributed by atoms with E-state index in [2.05, 4.69) is 15.6 Å². The molecule has 2 amide bonds. The summed E-state index contributed by atoms with van der Waals surface area (Å²) in [7, 11) is 0. The number of aromatic nitrogens is 1. The second kappa shape index (κ2) is 8.20. The van der Waals surface area contributed by atoms with E-state index >= 15 is 0 Å². The molecule has 0 aliphatic heterocycles. The van der Waals surface area contributed by atoms with Gasteiger partial charge in [-0.15, -0.1) is 0 Å². The Balaban J connectivity index is 1.44. The lowest BCUT2D eigenvalue weighted by molar-refractivity contribution is 0.262. The summed E-state index contributed by atoms with van der Waals surface area (Å²) in [5, 5.41) is 6.17. The van der Waals surface area contributed by atoms with Crippen molar-refractivity contribution < 1.29 is 9.21 Å². The van der Waals surface area contributed by atoms with Gasteiger partial charge in [-0.1, -0.05) is 48.0 Å². The molecule has 0 bridgehead atoms. The van der Waals surface area contributed by atoms with Crippen molar-refractivity contribution in [2.24, 2.45) is 0 Å². The van der Waals surface area contributed by atoms with Crippen LogP contribution in [-0.4, -0.2) is 11.0 Å². The van der Waals surface area contributed by atoms with Gasteiger partial charge in [0.2, 0.25) is 5.89 Å². The average Bonchev–Trinajstić information content (AvgIpc) is 3.22. The van der Waals surface area contributed by atoms with Crippen molar-refractivity contribution in [3.8, 4) is 22.7 Å². The Morgan fingerprint density at radius 3 is 2.45 bits per heavy atom. The highest BCUT2D eigenvalue weighted by Gasteiger charge is 2.10. The molecule has 1 heterocycles. The molecule has 0 spiro atoms. The van der Waals surface area contributed by atoms with Crippen molar-refractivity contribution in [2.75, 3.05) is 10.6 Å². The molecule has 29 heavy (non-hydrogen) atoms. The number of oxazole rings is 1. The lowest BCUT2D eigenvalue weighted by Gasteiger charge is -2.10. The largest absolute Gasteiger partial charge is 0.444 e. The normalized spacial score (nSPS) is 10.6. The SMILES string of the molecule is Cc1ccc(Cl)cc1NC(=O)Nc1ccc(-c2nc(-c3ccccc3)co2)cc1. The number of urea groups is 1. The van der Waals surface area contributed by atoms with E-state index in [4.69, 9.17) is 16.0 Å². The minimum Gasteiger partial charge on any atom is -0.444 e. The summed E-state index contributed by atoms with van der Waals surface area (Å²) in [6, 6.07) is 22.1. The number of amides is 2. The molecule has 0 aliphatic rings. The number of hydrogen-bond donors (Lipinski definition) is 2. The molecule has 144 valence electrons. The molecular weight excluding hydrogens is 386 g/mol. The van der Waals surface area contributed by atoms with Gasteiger partial charge in [-0.3, -0.25) is 0 Å². The zero-order valence-corrected chi connectivity index (χ0v) is 16.4. The molecule has 4 rings (SSSR count). The van der Waals surface area contributed by atoms with Crippen LogP contribution in [0, 0.1) is 6.92 Å². The van der Waals surface area contributed by atoms with Gasteiger partial charge in [-0.2, -0.15) is 0 Å². The summed E-state index contributed by atoms with van der Waals surface area (Å²) in [6.45, 7) is 1.90. The quantitative estimate of drug-likeness (QED) is 0.402. The van der Waals surface area contributed by atoms with Gasteiger partial charge < -0.3 is 15.1 Å². The average molecular weight is 404 g/mol. The summed E-state index contributed by atoms with van der Waals surface area (Å²) < 4.78 is 5.61. The Bertz CT molecular complexity index is 1140. The van der Waals surface area contributed by atoms with E-state index in [0.29, 0.717) is 22.3 Å². The standard InChI is InChI=1S/C23H18ClN3O2/c1-15-7-10-18(24)13-20(15)27-23(28)25-19-11-8-17(9-12-19)22-26-21(14-29-22)16-5-3-2-4-6-16/h2-14H,1H3,(H2,25,27,28). The van der Waals surface area contributed by atoms with Crippen LogP contribution in [0.3, 0.4) is 0 Å². The molecule has 0 unspecified atom stereocenters. The first-order valence-electron chi connectivity index (χ1n) is 9.04. The van der Waals surface area contributed by atoms with E-state index in [1.54, 1.807) is 30.5 Å². The van der Waals surface area contributed by atoms with Crippen molar-refractivity contribution >= 4 is 29.0 Å². The highest BCUT2D eigenvalue weighted by molar-refractivity contribution is 6.31. The van der Waals surface area contributed by atoms with Crippen LogP contribution >= 0.6 is 11.6 Å². The van der Waals surface area contributed by atoms with Crippen LogP contribution in [0.15, 0.2) is 83.5 Å². The van der Waals surface area contributed by atoms with Gasteiger partial charge in [0.15, 0.2) is 0 Å². The van der Waals surface area contributed by atoms with Crippen LogP contribution in [0.5, 0.6) is 0 Å². The predicted octanol–water partition coefficient (Wildman–Crippen LogP) is 6.61. The zero-order valence-electron chi connectivity index (χ0n) is 15.6. The molecule has 0 radical (unpaired) electrons. The molecule has 1 aromatic heterocycles. The fourth-order valence-corrected chi connectivity index (χ4v) is 3.03. The third-order valence-corrected chi connectivity index (χ3v) is 4.65. The number of aryl methyl sites for hydroxylation is 1. The fraction of sp³-hybridized carbons (Fsp3) is 0.0435. The predicted molar refractivity (Wildman–Crippen MR) is 116 cm³/mol. The van der Waals surface area contributed by atoms with Crippen LogP contribution in [0.25, 0.3) is 22.7 Å². The summed E-state index contributed by atoms with van der Waals surface area (Å²) in [4.78, 5) is 16.8. The first kappa shape index (κ1) is 18.8. The Labute approximate surface area is 173 Å². The van der Waals surface area contributed by atoms with Crippen molar-refractivity contribution in [3.63, 3.8) is 0 Å². The molecule has 5 nitrogen and oxygen atoms in total. The van der Waals surface area contributed by atoms with Gasteiger partial charge in [0.25, 0.3) is 0 Å². The second-order valence-electron chi connectivity index (χ2n) is 6.52. The van der Waals surface area contributed by atoms with E-state index in [1.165, 1.54) is 0 Å². The van der Waals surface area contributed by atoms with Gasteiger partial charge in [0.05, 0.1) is 0 Å². The molecule has 2 N–H and O–H groups in total. The number of nitrogens with one attached hydrogen (secondary N) is 2. The molecule has 0 atom stereocenters. The van der Waals surface area contributed by atoms with Crippen molar-refractivity contribution in [1.82, 2.24) is 4.98 Å². The van der Waals surface area contributed by atoms with Gasteiger partial charge >= 0.3 is 6.03 Å². The molecule has 0 saturated heterocycles. The van der Waals surface area contributed by atoms with Crippen LogP contribution in [0.2, 0.25) is 5.02 Å². The van der Waals surface area contributed by atoms with Gasteiger partial charge in [0.1, 0.15) is 12.0 Å². The van der Waals surface area contributed by atoms with E-state index in [-0.39, 0.29) is 6.03 Å². The number of hydrogen-bond acceptors (Lipinski definition) is 3. The van der Waals surface area contributed by atoms with Gasteiger partial charge in [-0.25, -0.2) is 9.78 Å². The number of anilines is 2. The lowest BCUT2D eigenvalue weighted by Crippen LogP contribution is -2.19. The minimum absolute atomic E-state index is 0.342. The monoisotopic (exact) mass is 403 g/mol. The first-order chi connectivity index (χ1) is 14.1. The minimum atomic E-state index is -0.342. The van der Waals surface area contributed by atoms with Crippen molar-refractivity contribution in [2.45, 2.75) is 6.92 Å². The molecule has 0 aliphatic carbocycles. The number of nitrogens with zero attached hydrogens (tertiary/aromatic N) is 1. The Hall–Kier alpha value is -3.57. The number of rotatable bonds is 4. The smallest absolute Gasteiger partial charge is 0.323 e. The highest BCUT2D eigenvalue weighted by Crippen LogP contribution is 2.26. The molecule has 0 fully saturated rings. The third kappa shape index (κ3) is 4.47. The number of carbonyl (C=O) groups excluding carboxylic acids is 1. The Morgan fingerprint density at radius 2 is 1.69 bits per heavy atom. The summed E-state index contributed by atoms with van der Waals surface area (Å²) in [6.07, 6.45) is 1.64. The van der Waals surface area contributed by atoms with E-state index in [0.717, 1.165) is 22.4 Å². The summed E-state index contributed by atoms with van der Waals surface area (Å²) in [5.74, 6) is 0.523. The summed E-state index contributed by atoms with van der Waals surface area (Å²) in [5.41, 5.74) is 4.84. The van der Waals surface area contributed by atoms with Crippen LogP contribution < -0.4 is 10.6 Å². The van der Waals surface area contributed by atoms with Crippen LogP contribution in [0.1, 0.15) is 5.56 Å².